The molecule has 2 aromatic heterocycles. The molecule has 1 aromatic carbocycles. The lowest BCUT2D eigenvalue weighted by atomic mass is 10.1. The van der Waals surface area contributed by atoms with Crippen LogP contribution in [0.15, 0.2) is 30.3 Å². The van der Waals surface area contributed by atoms with Gasteiger partial charge < -0.3 is 4.57 Å². The van der Waals surface area contributed by atoms with Crippen LogP contribution in [0.2, 0.25) is 0 Å². The van der Waals surface area contributed by atoms with Crippen LogP contribution in [0.1, 0.15) is 28.7 Å². The van der Waals surface area contributed by atoms with Crippen LogP contribution in [-0.2, 0) is 13.1 Å². The lowest BCUT2D eigenvalue weighted by Crippen LogP contribution is -2.13. The number of Topliss-reactive ketones (excluding diaryl/α,β-unsaturated/α-hetero) is 1. The van der Waals surface area contributed by atoms with Gasteiger partial charge in [-0.2, -0.15) is 0 Å². The van der Waals surface area contributed by atoms with E-state index in [2.05, 4.69) is 21.8 Å². The normalized spacial score (nSPS) is 11.2. The Morgan fingerprint density at radius 3 is 2.71 bits per heavy atom. The number of ketones is 1. The quantitative estimate of drug-likeness (QED) is 0.691. The summed E-state index contributed by atoms with van der Waals surface area (Å²) in [7, 11) is 0. The van der Waals surface area contributed by atoms with Gasteiger partial charge in [-0.1, -0.05) is 17.3 Å². The van der Waals surface area contributed by atoms with Gasteiger partial charge in [-0.25, -0.2) is 4.68 Å². The molecule has 3 rings (SSSR count). The molecule has 0 saturated carbocycles. The Bertz CT molecular complexity index is 813. The van der Waals surface area contributed by atoms with Gasteiger partial charge in [0.2, 0.25) is 0 Å². The molecule has 108 valence electrons. The summed E-state index contributed by atoms with van der Waals surface area (Å²) < 4.78 is 3.81. The minimum absolute atomic E-state index is 0.0680. The van der Waals surface area contributed by atoms with Crippen LogP contribution >= 0.6 is 0 Å². The van der Waals surface area contributed by atoms with Gasteiger partial charge >= 0.3 is 0 Å². The number of para-hydroxylation sites is 1. The molecule has 0 N–H and O–H groups in total. The molecule has 0 aliphatic rings. The third kappa shape index (κ3) is 2.24. The summed E-state index contributed by atoms with van der Waals surface area (Å²) in [6.07, 6.45) is 0. The zero-order chi connectivity index (χ0) is 15.0. The monoisotopic (exact) mass is 282 g/mol. The highest BCUT2D eigenvalue weighted by atomic mass is 16.1. The fourth-order valence-electron chi connectivity index (χ4n) is 2.83. The summed E-state index contributed by atoms with van der Waals surface area (Å²) in [5.41, 5.74) is 4.60. The fraction of sp³-hybridized carbons (Fsp3) is 0.312. The van der Waals surface area contributed by atoms with Crippen molar-refractivity contribution in [3.63, 3.8) is 0 Å². The summed E-state index contributed by atoms with van der Waals surface area (Å²) >= 11 is 0. The molecule has 0 aliphatic heterocycles. The minimum Gasteiger partial charge on any atom is -0.349 e. The first-order valence-electron chi connectivity index (χ1n) is 7.10. The van der Waals surface area contributed by atoms with Gasteiger partial charge in [0, 0.05) is 23.5 Å². The van der Waals surface area contributed by atoms with Crippen LogP contribution < -0.4 is 0 Å². The second-order valence-electron chi connectivity index (χ2n) is 5.19. The fourth-order valence-corrected chi connectivity index (χ4v) is 2.83. The number of aromatic nitrogens is 4. The van der Waals surface area contributed by atoms with Crippen LogP contribution in [0.4, 0.5) is 0 Å². The standard InChI is InChI=1S/C16H18N4O/c1-4-19-11(2)9-13(12(19)3)16(21)10-20-15-8-6-5-7-14(15)17-18-20/h5-9H,4,10H2,1-3H3. The number of carbonyl (C=O) groups is 1. The Morgan fingerprint density at radius 1 is 1.24 bits per heavy atom. The van der Waals surface area contributed by atoms with Crippen molar-refractivity contribution >= 4 is 16.8 Å². The lowest BCUT2D eigenvalue weighted by molar-refractivity contribution is 0.0968. The molecule has 0 unspecified atom stereocenters. The van der Waals surface area contributed by atoms with Crippen molar-refractivity contribution in [1.29, 1.82) is 0 Å². The van der Waals surface area contributed by atoms with Crippen molar-refractivity contribution in [2.24, 2.45) is 0 Å². The smallest absolute Gasteiger partial charge is 0.186 e. The van der Waals surface area contributed by atoms with Crippen molar-refractivity contribution in [3.05, 3.63) is 47.3 Å². The summed E-state index contributed by atoms with van der Waals surface area (Å²) in [6.45, 7) is 7.19. The number of fused-ring (bicyclic) bond motifs is 1. The van der Waals surface area contributed by atoms with E-state index in [1.165, 1.54) is 0 Å². The largest absolute Gasteiger partial charge is 0.349 e. The highest BCUT2D eigenvalue weighted by Gasteiger charge is 2.16. The second kappa shape index (κ2) is 5.16. The highest BCUT2D eigenvalue weighted by molar-refractivity contribution is 5.97. The molecule has 5 nitrogen and oxygen atoms in total. The number of nitrogens with zero attached hydrogens (tertiary/aromatic N) is 4. The van der Waals surface area contributed by atoms with E-state index < -0.39 is 0 Å². The molecule has 0 radical (unpaired) electrons. The predicted octanol–water partition coefficient (Wildman–Crippen LogP) is 2.75. The molecule has 0 saturated heterocycles. The third-order valence-electron chi connectivity index (χ3n) is 3.90. The molecule has 3 aromatic rings. The van der Waals surface area contributed by atoms with Gasteiger partial charge in [0.25, 0.3) is 0 Å². The molecule has 0 bridgehead atoms. The number of benzene rings is 1. The average molecular weight is 282 g/mol. The maximum absolute atomic E-state index is 12.6. The molecule has 0 atom stereocenters. The summed E-state index contributed by atoms with van der Waals surface area (Å²) in [6, 6.07) is 9.62. The third-order valence-corrected chi connectivity index (χ3v) is 3.90. The number of rotatable bonds is 4. The maximum Gasteiger partial charge on any atom is 0.186 e. The molecular formula is C16H18N4O. The first kappa shape index (κ1) is 13.5. The van der Waals surface area contributed by atoms with Crippen LogP contribution in [0.5, 0.6) is 0 Å². The van der Waals surface area contributed by atoms with Gasteiger partial charge in [0.15, 0.2) is 5.78 Å². The zero-order valence-electron chi connectivity index (χ0n) is 12.5. The molecule has 0 aliphatic carbocycles. The number of hydrogen-bond acceptors (Lipinski definition) is 3. The van der Waals surface area contributed by atoms with Crippen LogP contribution in [-0.4, -0.2) is 25.3 Å². The summed E-state index contributed by atoms with van der Waals surface area (Å²) in [5, 5.41) is 8.16. The second-order valence-corrected chi connectivity index (χ2v) is 5.19. The Labute approximate surface area is 123 Å². The molecule has 0 fully saturated rings. The van der Waals surface area contributed by atoms with Crippen molar-refractivity contribution in [3.8, 4) is 0 Å². The van der Waals surface area contributed by atoms with Gasteiger partial charge in [0.05, 0.1) is 5.52 Å². The average Bonchev–Trinajstić information content (AvgIpc) is 3.01. The predicted molar refractivity (Wildman–Crippen MR) is 81.4 cm³/mol. The Balaban J connectivity index is 1.93. The topological polar surface area (TPSA) is 52.7 Å². The van der Waals surface area contributed by atoms with E-state index in [1.54, 1.807) is 4.68 Å². The van der Waals surface area contributed by atoms with Crippen LogP contribution in [0.25, 0.3) is 11.0 Å². The summed E-state index contributed by atoms with van der Waals surface area (Å²) in [5.74, 6) is 0.0680. The zero-order valence-corrected chi connectivity index (χ0v) is 12.5. The number of aryl methyl sites for hydroxylation is 1. The SMILES string of the molecule is CCn1c(C)cc(C(=O)Cn2nnc3ccccc32)c1C. The van der Waals surface area contributed by atoms with Crippen molar-refractivity contribution < 1.29 is 4.79 Å². The van der Waals surface area contributed by atoms with E-state index in [4.69, 9.17) is 0 Å². The molecule has 21 heavy (non-hydrogen) atoms. The molecule has 2 heterocycles. The molecule has 0 amide bonds. The number of hydrogen-bond donors (Lipinski definition) is 0. The number of carbonyl (C=O) groups excluding carboxylic acids is 1. The van der Waals surface area contributed by atoms with E-state index in [1.807, 2.05) is 44.2 Å². The van der Waals surface area contributed by atoms with E-state index in [-0.39, 0.29) is 12.3 Å². The lowest BCUT2D eigenvalue weighted by Gasteiger charge is -2.06. The van der Waals surface area contributed by atoms with E-state index in [0.717, 1.165) is 34.5 Å². The maximum atomic E-state index is 12.6. The first-order chi connectivity index (χ1) is 10.1. The van der Waals surface area contributed by atoms with Crippen LogP contribution in [0.3, 0.4) is 0 Å². The Morgan fingerprint density at radius 2 is 2.00 bits per heavy atom. The van der Waals surface area contributed by atoms with E-state index >= 15 is 0 Å². The van der Waals surface area contributed by atoms with Gasteiger partial charge in [-0.15, -0.1) is 5.10 Å². The van der Waals surface area contributed by atoms with E-state index in [9.17, 15) is 4.79 Å². The summed E-state index contributed by atoms with van der Waals surface area (Å²) in [4.78, 5) is 12.6. The minimum atomic E-state index is 0.0680. The Hall–Kier alpha value is -2.43. The van der Waals surface area contributed by atoms with Crippen molar-refractivity contribution in [2.45, 2.75) is 33.9 Å². The van der Waals surface area contributed by atoms with E-state index in [0.29, 0.717) is 0 Å². The van der Waals surface area contributed by atoms with Crippen LogP contribution in [0, 0.1) is 13.8 Å². The molecular weight excluding hydrogens is 264 g/mol. The highest BCUT2D eigenvalue weighted by Crippen LogP contribution is 2.17. The Kier molecular flexibility index (Phi) is 3.33. The van der Waals surface area contributed by atoms with Gasteiger partial charge in [-0.3, -0.25) is 4.79 Å². The van der Waals surface area contributed by atoms with Gasteiger partial charge in [0.1, 0.15) is 12.1 Å². The first-order valence-corrected chi connectivity index (χ1v) is 7.10. The van der Waals surface area contributed by atoms with Crippen molar-refractivity contribution in [1.82, 2.24) is 19.6 Å². The van der Waals surface area contributed by atoms with Crippen molar-refractivity contribution in [2.75, 3.05) is 0 Å². The molecule has 5 heteroatoms. The van der Waals surface area contributed by atoms with Gasteiger partial charge in [-0.05, 0) is 39.0 Å². The molecule has 0 spiro atoms.